The first-order valence-electron chi connectivity index (χ1n) is 9.31. The molecule has 0 bridgehead atoms. The zero-order valence-corrected chi connectivity index (χ0v) is 18.3. The van der Waals surface area contributed by atoms with E-state index in [4.69, 9.17) is 16.6 Å². The fourth-order valence-corrected chi connectivity index (χ4v) is 6.04. The monoisotopic (exact) mass is 489 g/mol. The number of nitrogens with zero attached hydrogens (tertiary/aromatic N) is 4. The molecule has 1 fully saturated rings. The first kappa shape index (κ1) is 24.0. The van der Waals surface area contributed by atoms with Crippen LogP contribution < -0.4 is 26.2 Å². The summed E-state index contributed by atoms with van der Waals surface area (Å²) in [5.41, 5.74) is 10.7. The van der Waals surface area contributed by atoms with Crippen molar-refractivity contribution >= 4 is 31.6 Å². The van der Waals surface area contributed by atoms with Gasteiger partial charge in [0.2, 0.25) is 31.8 Å². The highest BCUT2D eigenvalue weighted by molar-refractivity contribution is 7.92. The maximum absolute atomic E-state index is 12.9. The fraction of sp³-hybridized carbons (Fsp3) is 0.467. The highest BCUT2D eigenvalue weighted by Gasteiger charge is 2.35. The number of aromatic amines is 1. The Morgan fingerprint density at radius 3 is 2.59 bits per heavy atom. The standard InChI is InChI=1S/C15H23N9O6S2/c16-5-9(25)6-19-32(29,30)11-2-1-10(24-4-3-8(7-24)14(17)26)12(13(11)31(18,27)28)15-20-22-23-21-15/h1-2,8-9,19,25H,3-7,16H2,(H2,17,26)(H2,18,27,28)(H,20,21,22,23)/t8?,9-/m1/s1. The average Bonchev–Trinajstić information content (AvgIpc) is 3.42. The maximum Gasteiger partial charge on any atom is 0.242 e. The number of hydrogen-bond donors (Lipinski definition) is 6. The van der Waals surface area contributed by atoms with Gasteiger partial charge in [0.15, 0.2) is 0 Å². The molecule has 0 aliphatic carbocycles. The number of tetrazole rings is 1. The van der Waals surface area contributed by atoms with Crippen LogP contribution in [0.3, 0.4) is 0 Å². The number of aliphatic hydroxyl groups excluding tert-OH is 1. The summed E-state index contributed by atoms with van der Waals surface area (Å²) < 4.78 is 53.1. The van der Waals surface area contributed by atoms with Gasteiger partial charge in [-0.05, 0) is 23.8 Å². The molecule has 1 aliphatic heterocycles. The molecule has 2 atom stereocenters. The average molecular weight is 490 g/mol. The lowest BCUT2D eigenvalue weighted by Crippen LogP contribution is -2.37. The normalized spacial score (nSPS) is 18.1. The van der Waals surface area contributed by atoms with Crippen LogP contribution in [0, 0.1) is 5.92 Å². The lowest BCUT2D eigenvalue weighted by atomic mass is 10.1. The quantitative estimate of drug-likeness (QED) is 0.201. The zero-order chi connectivity index (χ0) is 23.7. The number of amides is 1. The van der Waals surface area contributed by atoms with Gasteiger partial charge in [0.25, 0.3) is 0 Å². The molecular formula is C15H23N9O6S2. The molecule has 3 rings (SSSR count). The second-order valence-electron chi connectivity index (χ2n) is 7.14. The van der Waals surface area contributed by atoms with Crippen molar-refractivity contribution in [1.82, 2.24) is 25.3 Å². The van der Waals surface area contributed by atoms with Crippen LogP contribution in [0.5, 0.6) is 0 Å². The van der Waals surface area contributed by atoms with Crippen LogP contribution in [0.2, 0.25) is 0 Å². The van der Waals surface area contributed by atoms with Gasteiger partial charge in [0, 0.05) is 31.9 Å². The highest BCUT2D eigenvalue weighted by atomic mass is 32.2. The molecule has 1 saturated heterocycles. The second-order valence-corrected chi connectivity index (χ2v) is 10.4. The third-order valence-corrected chi connectivity index (χ3v) is 7.54. The van der Waals surface area contributed by atoms with Gasteiger partial charge in [-0.1, -0.05) is 0 Å². The van der Waals surface area contributed by atoms with Gasteiger partial charge in [-0.3, -0.25) is 4.79 Å². The topological polar surface area (TPSA) is 253 Å². The van der Waals surface area contributed by atoms with Crippen LogP contribution in [0.1, 0.15) is 6.42 Å². The largest absolute Gasteiger partial charge is 0.390 e. The molecule has 2 aromatic rings. The molecule has 17 heteroatoms. The minimum absolute atomic E-state index is 0.178. The Morgan fingerprint density at radius 1 is 1.34 bits per heavy atom. The molecule has 1 unspecified atom stereocenters. The number of aliphatic hydroxyl groups is 1. The van der Waals surface area contributed by atoms with Crippen molar-refractivity contribution in [3.05, 3.63) is 12.1 Å². The van der Waals surface area contributed by atoms with Crippen molar-refractivity contribution in [3.63, 3.8) is 0 Å². The molecule has 2 heterocycles. The minimum atomic E-state index is -4.65. The predicted octanol–water partition coefficient (Wildman–Crippen LogP) is -3.58. The van der Waals surface area contributed by atoms with Crippen LogP contribution in [0.4, 0.5) is 5.69 Å². The number of anilines is 1. The number of aromatic nitrogens is 4. The van der Waals surface area contributed by atoms with E-state index >= 15 is 0 Å². The second kappa shape index (κ2) is 9.04. The Hall–Kier alpha value is -2.70. The lowest BCUT2D eigenvalue weighted by molar-refractivity contribution is -0.121. The molecule has 1 aromatic carbocycles. The molecule has 1 amide bonds. The van der Waals surface area contributed by atoms with Crippen molar-refractivity contribution in [2.45, 2.75) is 22.3 Å². The molecule has 9 N–H and O–H groups in total. The van der Waals surface area contributed by atoms with Crippen LogP contribution >= 0.6 is 0 Å². The van der Waals surface area contributed by atoms with E-state index < -0.39 is 54.3 Å². The number of carbonyl (C=O) groups excluding carboxylic acids is 1. The van der Waals surface area contributed by atoms with E-state index in [0.29, 0.717) is 13.0 Å². The highest BCUT2D eigenvalue weighted by Crippen LogP contribution is 2.39. The molecule has 32 heavy (non-hydrogen) atoms. The lowest BCUT2D eigenvalue weighted by Gasteiger charge is -2.24. The summed E-state index contributed by atoms with van der Waals surface area (Å²) in [4.78, 5) is 11.8. The van der Waals surface area contributed by atoms with Crippen molar-refractivity contribution in [1.29, 1.82) is 0 Å². The van der Waals surface area contributed by atoms with Crippen molar-refractivity contribution in [2.24, 2.45) is 22.5 Å². The molecule has 1 aromatic heterocycles. The van der Waals surface area contributed by atoms with Gasteiger partial charge in [0.1, 0.15) is 9.79 Å². The zero-order valence-electron chi connectivity index (χ0n) is 16.7. The van der Waals surface area contributed by atoms with Gasteiger partial charge in [-0.25, -0.2) is 26.7 Å². The van der Waals surface area contributed by atoms with Gasteiger partial charge in [0.05, 0.1) is 17.6 Å². The number of sulfonamides is 2. The Bertz CT molecular complexity index is 1200. The Labute approximate surface area is 183 Å². The van der Waals surface area contributed by atoms with E-state index in [1.807, 2.05) is 0 Å². The number of primary sulfonamides is 1. The molecule has 176 valence electrons. The summed E-state index contributed by atoms with van der Waals surface area (Å²) in [5.74, 6) is -1.21. The van der Waals surface area contributed by atoms with E-state index in [1.165, 1.54) is 6.07 Å². The Morgan fingerprint density at radius 2 is 2.06 bits per heavy atom. The van der Waals surface area contributed by atoms with E-state index in [1.54, 1.807) is 4.90 Å². The molecule has 15 nitrogen and oxygen atoms in total. The summed E-state index contributed by atoms with van der Waals surface area (Å²) >= 11 is 0. The number of nitrogens with two attached hydrogens (primary N) is 3. The third kappa shape index (κ3) is 4.87. The number of nitrogens with one attached hydrogen (secondary N) is 2. The van der Waals surface area contributed by atoms with E-state index in [-0.39, 0.29) is 30.2 Å². The van der Waals surface area contributed by atoms with Crippen LogP contribution in [0.15, 0.2) is 21.9 Å². The summed E-state index contributed by atoms with van der Waals surface area (Å²) in [6, 6.07) is 2.42. The van der Waals surface area contributed by atoms with Crippen molar-refractivity contribution in [2.75, 3.05) is 31.1 Å². The van der Waals surface area contributed by atoms with Gasteiger partial charge < -0.3 is 21.5 Å². The smallest absolute Gasteiger partial charge is 0.242 e. The summed E-state index contributed by atoms with van der Waals surface area (Å²) in [7, 11) is -9.11. The number of primary amides is 1. The summed E-state index contributed by atoms with van der Waals surface area (Å²) in [5, 5.41) is 28.2. The number of hydrogen-bond acceptors (Lipinski definition) is 11. The van der Waals surface area contributed by atoms with E-state index in [9.17, 15) is 26.7 Å². The SMILES string of the molecule is NC[C@@H](O)CNS(=O)(=O)c1ccc(N2CCC(C(N)=O)C2)c(-c2nn[nH]n2)c1S(N)(=O)=O. The number of carbonyl (C=O) groups is 1. The maximum atomic E-state index is 12.9. The predicted molar refractivity (Wildman–Crippen MR) is 111 cm³/mol. The van der Waals surface area contributed by atoms with Gasteiger partial charge in [-0.2, -0.15) is 5.21 Å². The molecule has 0 saturated carbocycles. The molecule has 0 spiro atoms. The molecule has 1 aliphatic rings. The first-order valence-corrected chi connectivity index (χ1v) is 12.3. The first-order chi connectivity index (χ1) is 15.0. The number of benzene rings is 1. The third-order valence-electron chi connectivity index (χ3n) is 4.95. The Kier molecular flexibility index (Phi) is 6.77. The molecule has 0 radical (unpaired) electrons. The van der Waals surface area contributed by atoms with Crippen molar-refractivity contribution < 1.29 is 26.7 Å². The minimum Gasteiger partial charge on any atom is -0.390 e. The number of H-pyrrole nitrogens is 1. The number of rotatable bonds is 9. The van der Waals surface area contributed by atoms with E-state index in [0.717, 1.165) is 6.07 Å². The van der Waals surface area contributed by atoms with Crippen LogP contribution in [-0.2, 0) is 24.8 Å². The Balaban J connectivity index is 2.22. The van der Waals surface area contributed by atoms with Crippen LogP contribution in [-0.4, -0.2) is 80.8 Å². The molecular weight excluding hydrogens is 466 g/mol. The summed E-state index contributed by atoms with van der Waals surface area (Å²) in [6.45, 7) is -0.144. The van der Waals surface area contributed by atoms with Crippen LogP contribution in [0.25, 0.3) is 11.4 Å². The van der Waals surface area contributed by atoms with Crippen molar-refractivity contribution in [3.8, 4) is 11.4 Å². The van der Waals surface area contributed by atoms with Gasteiger partial charge in [-0.15, -0.1) is 10.2 Å². The fourth-order valence-electron chi connectivity index (χ4n) is 3.37. The van der Waals surface area contributed by atoms with E-state index in [2.05, 4.69) is 25.3 Å². The van der Waals surface area contributed by atoms with Gasteiger partial charge >= 0.3 is 0 Å². The summed E-state index contributed by atoms with van der Waals surface area (Å²) in [6.07, 6.45) is -0.765.